The molecule has 1 amide bonds. The van der Waals surface area contributed by atoms with Crippen molar-refractivity contribution in [2.45, 2.75) is 20.0 Å². The quantitative estimate of drug-likeness (QED) is 0.875. The summed E-state index contributed by atoms with van der Waals surface area (Å²) < 4.78 is 31.7. The molecule has 0 aromatic heterocycles. The molecule has 0 spiro atoms. The maximum atomic E-state index is 11.3. The van der Waals surface area contributed by atoms with Gasteiger partial charge in [0, 0.05) is 5.56 Å². The summed E-state index contributed by atoms with van der Waals surface area (Å²) in [6.07, 6.45) is -5.08. The maximum absolute atomic E-state index is 11.3. The van der Waals surface area contributed by atoms with E-state index in [1.165, 1.54) is 5.56 Å². The van der Waals surface area contributed by atoms with Gasteiger partial charge in [-0.25, -0.2) is 4.79 Å². The lowest BCUT2D eigenvalue weighted by Crippen LogP contribution is -2.21. The number of hydrogen-bond acceptors (Lipinski definition) is 2. The Kier molecular flexibility index (Phi) is 6.11. The number of amides is 1. The van der Waals surface area contributed by atoms with Gasteiger partial charge in [-0.05, 0) is 42.2 Å². The Morgan fingerprint density at radius 1 is 0.958 bits per heavy atom. The molecule has 0 aliphatic heterocycles. The molecule has 128 valence electrons. The summed E-state index contributed by atoms with van der Waals surface area (Å²) in [6, 6.07) is 13.8. The van der Waals surface area contributed by atoms with Crippen molar-refractivity contribution >= 4 is 11.9 Å². The van der Waals surface area contributed by atoms with Gasteiger partial charge in [-0.1, -0.05) is 36.4 Å². The van der Waals surface area contributed by atoms with Crippen LogP contribution in [0.3, 0.4) is 0 Å². The number of carbonyl (C=O) groups is 2. The number of primary amides is 1. The van der Waals surface area contributed by atoms with Crippen molar-refractivity contribution in [1.82, 2.24) is 0 Å². The molecular weight excluding hydrogens is 323 g/mol. The molecule has 7 heteroatoms. The number of hydrogen-bond donors (Lipinski definition) is 2. The first-order chi connectivity index (χ1) is 11.1. The van der Waals surface area contributed by atoms with Crippen molar-refractivity contribution in [2.75, 3.05) is 0 Å². The van der Waals surface area contributed by atoms with Crippen molar-refractivity contribution in [1.29, 1.82) is 0 Å². The Labute approximate surface area is 136 Å². The van der Waals surface area contributed by atoms with Crippen molar-refractivity contribution in [3.63, 3.8) is 0 Å². The van der Waals surface area contributed by atoms with E-state index in [0.29, 0.717) is 5.56 Å². The number of carbonyl (C=O) groups excluding carboxylic acids is 1. The molecule has 24 heavy (non-hydrogen) atoms. The van der Waals surface area contributed by atoms with Crippen LogP contribution in [0.4, 0.5) is 13.2 Å². The Morgan fingerprint density at radius 3 is 1.92 bits per heavy atom. The van der Waals surface area contributed by atoms with Crippen molar-refractivity contribution < 1.29 is 27.9 Å². The first-order valence-corrected chi connectivity index (χ1v) is 6.81. The number of aryl methyl sites for hydroxylation is 1. The molecule has 0 aliphatic carbocycles. The van der Waals surface area contributed by atoms with E-state index in [1.54, 1.807) is 6.07 Å². The van der Waals surface area contributed by atoms with Gasteiger partial charge < -0.3 is 10.8 Å². The fraction of sp³-hybridized carbons (Fsp3) is 0.176. The minimum atomic E-state index is -5.08. The van der Waals surface area contributed by atoms with Gasteiger partial charge in [0.15, 0.2) is 0 Å². The number of nitrogens with two attached hydrogens (primary N) is 1. The number of carboxylic acids is 1. The van der Waals surface area contributed by atoms with Gasteiger partial charge in [-0.15, -0.1) is 0 Å². The number of benzene rings is 2. The van der Waals surface area contributed by atoms with Crippen LogP contribution in [0.1, 0.15) is 21.5 Å². The van der Waals surface area contributed by atoms with E-state index in [9.17, 15) is 18.0 Å². The van der Waals surface area contributed by atoms with Crippen LogP contribution in [0.2, 0.25) is 0 Å². The molecule has 4 nitrogen and oxygen atoms in total. The van der Waals surface area contributed by atoms with E-state index >= 15 is 0 Å². The zero-order valence-electron chi connectivity index (χ0n) is 13.0. The lowest BCUT2D eigenvalue weighted by molar-refractivity contribution is -0.192. The number of rotatable bonds is 2. The minimum absolute atomic E-state index is 0.377. The van der Waals surface area contributed by atoms with E-state index in [2.05, 4.69) is 19.1 Å². The highest BCUT2D eigenvalue weighted by atomic mass is 19.4. The zero-order chi connectivity index (χ0) is 18.5. The first-order valence-electron chi connectivity index (χ1n) is 6.81. The van der Waals surface area contributed by atoms with Crippen LogP contribution in [-0.4, -0.2) is 23.2 Å². The molecule has 0 saturated heterocycles. The lowest BCUT2D eigenvalue weighted by Gasteiger charge is -2.11. The van der Waals surface area contributed by atoms with Crippen molar-refractivity contribution in [3.05, 3.63) is 59.2 Å². The molecule has 0 saturated carbocycles. The fourth-order valence-electron chi connectivity index (χ4n) is 2.07. The molecule has 3 N–H and O–H groups in total. The van der Waals surface area contributed by atoms with E-state index in [0.717, 1.165) is 16.7 Å². The molecule has 0 bridgehead atoms. The maximum Gasteiger partial charge on any atom is 0.490 e. The van der Waals surface area contributed by atoms with Crippen LogP contribution in [0.5, 0.6) is 0 Å². The summed E-state index contributed by atoms with van der Waals surface area (Å²) in [6.45, 7) is 3.99. The van der Waals surface area contributed by atoms with Gasteiger partial charge in [-0.2, -0.15) is 13.2 Å². The Bertz CT molecular complexity index is 755. The fourth-order valence-corrected chi connectivity index (χ4v) is 2.07. The number of alkyl halides is 3. The van der Waals surface area contributed by atoms with Crippen LogP contribution in [0.15, 0.2) is 42.5 Å². The smallest absolute Gasteiger partial charge is 0.475 e. The third kappa shape index (κ3) is 4.84. The summed E-state index contributed by atoms with van der Waals surface area (Å²) in [5.41, 5.74) is 10.3. The number of carboxylic acid groups (broad SMARTS) is 1. The largest absolute Gasteiger partial charge is 0.490 e. The first kappa shape index (κ1) is 19.2. The highest BCUT2D eigenvalue weighted by molar-refractivity contribution is 5.96. The van der Waals surface area contributed by atoms with Crippen LogP contribution in [-0.2, 0) is 4.79 Å². The van der Waals surface area contributed by atoms with Gasteiger partial charge >= 0.3 is 12.1 Å². The van der Waals surface area contributed by atoms with Gasteiger partial charge in [-0.3, -0.25) is 4.79 Å². The third-order valence-electron chi connectivity index (χ3n) is 3.28. The molecule has 2 aromatic carbocycles. The monoisotopic (exact) mass is 339 g/mol. The highest BCUT2D eigenvalue weighted by Crippen LogP contribution is 2.28. The summed E-state index contributed by atoms with van der Waals surface area (Å²) in [5.74, 6) is -3.13. The Balaban J connectivity index is 0.000000351. The van der Waals surface area contributed by atoms with Gasteiger partial charge in [0.2, 0.25) is 5.91 Å². The second-order valence-corrected chi connectivity index (χ2v) is 4.96. The highest BCUT2D eigenvalue weighted by Gasteiger charge is 2.38. The van der Waals surface area contributed by atoms with E-state index in [4.69, 9.17) is 15.6 Å². The number of halogens is 3. The average molecular weight is 339 g/mol. The second kappa shape index (κ2) is 7.63. The van der Waals surface area contributed by atoms with Crippen molar-refractivity contribution in [3.8, 4) is 11.1 Å². The molecule has 2 rings (SSSR count). The molecule has 0 atom stereocenters. The van der Waals surface area contributed by atoms with Gasteiger partial charge in [0.25, 0.3) is 0 Å². The molecule has 0 heterocycles. The van der Waals surface area contributed by atoms with Gasteiger partial charge in [0.05, 0.1) is 0 Å². The molecule has 0 radical (unpaired) electrons. The SMILES string of the molecule is Cc1ccccc1-c1cccc(C(N)=O)c1C.O=C(O)C(F)(F)F. The van der Waals surface area contributed by atoms with Crippen LogP contribution in [0.25, 0.3) is 11.1 Å². The van der Waals surface area contributed by atoms with E-state index in [-0.39, 0.29) is 5.91 Å². The number of aliphatic carboxylic acids is 1. The van der Waals surface area contributed by atoms with Crippen LogP contribution >= 0.6 is 0 Å². The zero-order valence-corrected chi connectivity index (χ0v) is 13.0. The average Bonchev–Trinajstić information content (AvgIpc) is 2.47. The van der Waals surface area contributed by atoms with Crippen LogP contribution < -0.4 is 5.73 Å². The summed E-state index contributed by atoms with van der Waals surface area (Å²) in [4.78, 5) is 20.2. The van der Waals surface area contributed by atoms with E-state index < -0.39 is 12.1 Å². The molecular formula is C17H16F3NO3. The molecule has 0 fully saturated rings. The Morgan fingerprint density at radius 2 is 1.46 bits per heavy atom. The summed E-state index contributed by atoms with van der Waals surface area (Å²) in [7, 11) is 0. The lowest BCUT2D eigenvalue weighted by atomic mass is 9.93. The van der Waals surface area contributed by atoms with Crippen LogP contribution in [0, 0.1) is 13.8 Å². The second-order valence-electron chi connectivity index (χ2n) is 4.96. The normalized spacial score (nSPS) is 10.5. The Hall–Kier alpha value is -2.83. The summed E-state index contributed by atoms with van der Waals surface area (Å²) in [5, 5.41) is 7.12. The van der Waals surface area contributed by atoms with Gasteiger partial charge in [0.1, 0.15) is 0 Å². The molecule has 0 aliphatic rings. The van der Waals surface area contributed by atoms with Crippen molar-refractivity contribution in [2.24, 2.45) is 5.73 Å². The third-order valence-corrected chi connectivity index (χ3v) is 3.28. The minimum Gasteiger partial charge on any atom is -0.475 e. The molecule has 2 aromatic rings. The predicted molar refractivity (Wildman–Crippen MR) is 83.6 cm³/mol. The standard InChI is InChI=1S/C15H15NO.C2HF3O2/c1-10-6-3-4-7-12(10)13-8-5-9-14(11(13)2)15(16)17;3-2(4,5)1(6)7/h3-9H,1-2H3,(H2,16,17);(H,6,7). The molecule has 0 unspecified atom stereocenters. The predicted octanol–water partition coefficient (Wildman–Crippen LogP) is 3.70. The summed E-state index contributed by atoms with van der Waals surface area (Å²) >= 11 is 0. The van der Waals surface area contributed by atoms with E-state index in [1.807, 2.05) is 31.2 Å². The topological polar surface area (TPSA) is 80.4 Å².